The van der Waals surface area contributed by atoms with Crippen molar-refractivity contribution < 1.29 is 9.78 Å². The molecular formula is C17H30O2. The monoisotopic (exact) mass is 266 g/mol. The van der Waals surface area contributed by atoms with Crippen molar-refractivity contribution in [3.8, 4) is 0 Å². The van der Waals surface area contributed by atoms with E-state index in [1.807, 2.05) is 0 Å². The van der Waals surface area contributed by atoms with Gasteiger partial charge in [0.15, 0.2) is 0 Å². The van der Waals surface area contributed by atoms with Gasteiger partial charge in [0, 0.05) is 0 Å². The van der Waals surface area contributed by atoms with E-state index in [4.69, 9.17) is 9.78 Å². The highest BCUT2D eigenvalue weighted by Crippen LogP contribution is 2.47. The number of hydrogen-bond acceptors (Lipinski definition) is 2. The van der Waals surface area contributed by atoms with Crippen LogP contribution in [0.25, 0.3) is 0 Å². The normalized spacial score (nSPS) is 29.7. The van der Waals surface area contributed by atoms with Crippen molar-refractivity contribution in [2.24, 2.45) is 5.41 Å². The van der Waals surface area contributed by atoms with Crippen LogP contribution in [0, 0.1) is 5.41 Å². The van der Waals surface area contributed by atoms with Gasteiger partial charge >= 0.3 is 0 Å². The molecule has 0 radical (unpaired) electrons. The van der Waals surface area contributed by atoms with Crippen LogP contribution in [-0.4, -0.2) is 12.2 Å². The Labute approximate surface area is 118 Å². The van der Waals surface area contributed by atoms with Crippen LogP contribution in [0.1, 0.15) is 89.9 Å². The van der Waals surface area contributed by atoms with Crippen LogP contribution in [-0.2, 0) is 9.78 Å². The van der Waals surface area contributed by atoms with E-state index in [2.05, 4.69) is 0 Å². The molecule has 0 heterocycles. The first-order valence-electron chi connectivity index (χ1n) is 8.69. The molecular weight excluding hydrogens is 236 g/mol. The molecule has 3 rings (SSSR count). The summed E-state index contributed by atoms with van der Waals surface area (Å²) in [5.41, 5.74) is 0.697. The largest absolute Gasteiger partial charge is 0.233 e. The van der Waals surface area contributed by atoms with Crippen LogP contribution in [0.15, 0.2) is 0 Å². The fourth-order valence-corrected chi connectivity index (χ4v) is 4.42. The van der Waals surface area contributed by atoms with Crippen molar-refractivity contribution in [2.45, 2.75) is 102 Å². The lowest BCUT2D eigenvalue weighted by molar-refractivity contribution is -0.360. The Balaban J connectivity index is 1.37. The summed E-state index contributed by atoms with van der Waals surface area (Å²) in [6.07, 6.45) is 19.8. The number of rotatable bonds is 3. The average molecular weight is 266 g/mol. The van der Waals surface area contributed by atoms with E-state index in [1.54, 1.807) is 0 Å². The molecule has 0 aromatic carbocycles. The van der Waals surface area contributed by atoms with Crippen LogP contribution in [0.5, 0.6) is 0 Å². The highest BCUT2D eigenvalue weighted by atomic mass is 17.2. The zero-order valence-corrected chi connectivity index (χ0v) is 12.4. The van der Waals surface area contributed by atoms with Crippen molar-refractivity contribution >= 4 is 0 Å². The van der Waals surface area contributed by atoms with Gasteiger partial charge in [-0.3, -0.25) is 0 Å². The van der Waals surface area contributed by atoms with E-state index < -0.39 is 0 Å². The maximum atomic E-state index is 5.76. The molecule has 19 heavy (non-hydrogen) atoms. The van der Waals surface area contributed by atoms with Crippen LogP contribution in [0.3, 0.4) is 0 Å². The maximum absolute atomic E-state index is 5.76. The van der Waals surface area contributed by atoms with E-state index in [0.717, 1.165) is 0 Å². The molecule has 3 fully saturated rings. The third kappa shape index (κ3) is 3.72. The summed E-state index contributed by atoms with van der Waals surface area (Å²) in [5, 5.41) is 0. The van der Waals surface area contributed by atoms with Crippen molar-refractivity contribution in [3.63, 3.8) is 0 Å². The number of hydrogen-bond donors (Lipinski definition) is 0. The topological polar surface area (TPSA) is 18.5 Å². The summed E-state index contributed by atoms with van der Waals surface area (Å²) in [7, 11) is 0. The van der Waals surface area contributed by atoms with Gasteiger partial charge in [0.1, 0.15) is 0 Å². The summed E-state index contributed by atoms with van der Waals surface area (Å²) in [6, 6.07) is 0. The summed E-state index contributed by atoms with van der Waals surface area (Å²) in [4.78, 5) is 11.5. The molecule has 0 amide bonds. The lowest BCUT2D eigenvalue weighted by Gasteiger charge is -2.42. The van der Waals surface area contributed by atoms with Crippen molar-refractivity contribution in [1.29, 1.82) is 0 Å². The van der Waals surface area contributed by atoms with E-state index in [9.17, 15) is 0 Å². The van der Waals surface area contributed by atoms with Gasteiger partial charge in [0.05, 0.1) is 12.2 Å². The average Bonchev–Trinajstić information content (AvgIpc) is 2.49. The van der Waals surface area contributed by atoms with Crippen molar-refractivity contribution in [1.82, 2.24) is 0 Å². The molecule has 2 heteroatoms. The molecule has 3 saturated carbocycles. The third-order valence-corrected chi connectivity index (χ3v) is 5.79. The highest BCUT2D eigenvalue weighted by molar-refractivity contribution is 4.88. The SMILES string of the molecule is C1CCC(OOC2CCC3(CCCCC3)CC2)CC1. The minimum atomic E-state index is 0.384. The minimum absolute atomic E-state index is 0.384. The minimum Gasteiger partial charge on any atom is -0.233 e. The van der Waals surface area contributed by atoms with E-state index in [0.29, 0.717) is 17.6 Å². The van der Waals surface area contributed by atoms with Crippen LogP contribution < -0.4 is 0 Å². The molecule has 0 N–H and O–H groups in total. The summed E-state index contributed by atoms with van der Waals surface area (Å²) in [5.74, 6) is 0. The van der Waals surface area contributed by atoms with Gasteiger partial charge in [-0.25, -0.2) is 9.78 Å². The molecule has 3 aliphatic rings. The Morgan fingerprint density at radius 3 is 1.68 bits per heavy atom. The summed E-state index contributed by atoms with van der Waals surface area (Å²) < 4.78 is 0. The molecule has 0 aromatic rings. The zero-order valence-electron chi connectivity index (χ0n) is 12.4. The van der Waals surface area contributed by atoms with Gasteiger partial charge in [-0.2, -0.15) is 0 Å². The molecule has 3 aliphatic carbocycles. The van der Waals surface area contributed by atoms with Crippen molar-refractivity contribution in [3.05, 3.63) is 0 Å². The molecule has 0 aliphatic heterocycles. The summed E-state index contributed by atoms with van der Waals surface area (Å²) >= 11 is 0. The van der Waals surface area contributed by atoms with E-state index in [1.165, 1.54) is 89.9 Å². The first-order chi connectivity index (χ1) is 9.36. The molecule has 1 spiro atoms. The Morgan fingerprint density at radius 1 is 0.526 bits per heavy atom. The Kier molecular flexibility index (Phi) is 4.81. The van der Waals surface area contributed by atoms with Gasteiger partial charge in [-0.1, -0.05) is 38.5 Å². The Bertz CT molecular complexity index is 252. The lowest BCUT2D eigenvalue weighted by atomic mass is 9.65. The molecule has 2 nitrogen and oxygen atoms in total. The predicted octanol–water partition coefficient (Wildman–Crippen LogP) is 5.16. The molecule has 0 unspecified atom stereocenters. The summed E-state index contributed by atoms with van der Waals surface area (Å²) in [6.45, 7) is 0. The fraction of sp³-hybridized carbons (Fsp3) is 1.00. The standard InChI is InChI=1S/C17H30O2/c1-3-7-15(8-4-1)18-19-16-9-13-17(14-10-16)11-5-2-6-12-17/h15-16H,1-14H2. The zero-order chi connectivity index (χ0) is 13.0. The Morgan fingerprint density at radius 2 is 1.05 bits per heavy atom. The lowest BCUT2D eigenvalue weighted by Crippen LogP contribution is -2.33. The van der Waals surface area contributed by atoms with Gasteiger partial charge in [0.25, 0.3) is 0 Å². The first kappa shape index (κ1) is 13.9. The maximum Gasteiger partial charge on any atom is 0.0930 e. The third-order valence-electron chi connectivity index (χ3n) is 5.79. The smallest absolute Gasteiger partial charge is 0.0930 e. The molecule has 0 bridgehead atoms. The predicted molar refractivity (Wildman–Crippen MR) is 76.8 cm³/mol. The molecule has 0 aromatic heterocycles. The van der Waals surface area contributed by atoms with Gasteiger partial charge in [0.2, 0.25) is 0 Å². The van der Waals surface area contributed by atoms with Gasteiger partial charge in [-0.05, 0) is 56.8 Å². The quantitative estimate of drug-likeness (QED) is 0.519. The second-order valence-corrected chi connectivity index (χ2v) is 7.21. The molecule has 110 valence electrons. The Hall–Kier alpha value is -0.0800. The van der Waals surface area contributed by atoms with Gasteiger partial charge in [-0.15, -0.1) is 0 Å². The molecule has 0 atom stereocenters. The van der Waals surface area contributed by atoms with E-state index >= 15 is 0 Å². The van der Waals surface area contributed by atoms with Crippen LogP contribution in [0.2, 0.25) is 0 Å². The van der Waals surface area contributed by atoms with Crippen LogP contribution in [0.4, 0.5) is 0 Å². The van der Waals surface area contributed by atoms with Gasteiger partial charge < -0.3 is 0 Å². The highest BCUT2D eigenvalue weighted by Gasteiger charge is 2.36. The van der Waals surface area contributed by atoms with Crippen molar-refractivity contribution in [2.75, 3.05) is 0 Å². The second kappa shape index (κ2) is 6.58. The fourth-order valence-electron chi connectivity index (χ4n) is 4.42. The second-order valence-electron chi connectivity index (χ2n) is 7.21. The van der Waals surface area contributed by atoms with E-state index in [-0.39, 0.29) is 0 Å². The van der Waals surface area contributed by atoms with Crippen LogP contribution >= 0.6 is 0 Å². The molecule has 0 saturated heterocycles. The first-order valence-corrected chi connectivity index (χ1v) is 8.69.